The molecule has 70 valence electrons. The van der Waals surface area contributed by atoms with E-state index in [2.05, 4.69) is 15.9 Å². The molecule has 0 fully saturated rings. The van der Waals surface area contributed by atoms with Crippen molar-refractivity contribution in [3.8, 4) is 11.8 Å². The van der Waals surface area contributed by atoms with E-state index < -0.39 is 5.82 Å². The Bertz CT molecular complexity index is 462. The largest absolute Gasteiger partial charge is 0.487 e. The molecule has 0 saturated heterocycles. The number of ether oxygens (including phenoxy) is 1. The fourth-order valence-corrected chi connectivity index (χ4v) is 1.83. The molecular formula is C10H5BrFNO. The van der Waals surface area contributed by atoms with Gasteiger partial charge in [-0.25, -0.2) is 4.39 Å². The summed E-state index contributed by atoms with van der Waals surface area (Å²) in [5.41, 5.74) is 0.682. The highest BCUT2D eigenvalue weighted by Crippen LogP contribution is 2.35. The summed E-state index contributed by atoms with van der Waals surface area (Å²) in [6.07, 6.45) is 3.62. The fourth-order valence-electron chi connectivity index (χ4n) is 1.32. The first-order chi connectivity index (χ1) is 6.74. The zero-order valence-corrected chi connectivity index (χ0v) is 8.64. The summed E-state index contributed by atoms with van der Waals surface area (Å²) in [5.74, 6) is -0.240. The van der Waals surface area contributed by atoms with E-state index >= 15 is 0 Å². The molecule has 1 aliphatic rings. The number of nitriles is 1. The van der Waals surface area contributed by atoms with Crippen LogP contribution in [0.15, 0.2) is 16.6 Å². The maximum Gasteiger partial charge on any atom is 0.148 e. The first kappa shape index (κ1) is 9.22. The summed E-state index contributed by atoms with van der Waals surface area (Å²) >= 11 is 3.22. The molecule has 0 N–H and O–H groups in total. The molecule has 0 unspecified atom stereocenters. The third kappa shape index (κ3) is 1.30. The Hall–Kier alpha value is -1.34. The normalized spacial score (nSPS) is 12.9. The summed E-state index contributed by atoms with van der Waals surface area (Å²) in [5, 5.41) is 8.76. The second-order valence-corrected chi connectivity index (χ2v) is 3.64. The molecule has 2 rings (SSSR count). The van der Waals surface area contributed by atoms with Crippen molar-refractivity contribution in [2.75, 3.05) is 6.61 Å². The van der Waals surface area contributed by atoms with Gasteiger partial charge in [0.2, 0.25) is 0 Å². The number of rotatable bonds is 0. The van der Waals surface area contributed by atoms with Gasteiger partial charge in [-0.2, -0.15) is 5.26 Å². The van der Waals surface area contributed by atoms with Gasteiger partial charge in [-0.05, 0) is 28.1 Å². The maximum atomic E-state index is 13.3. The van der Waals surface area contributed by atoms with Crippen molar-refractivity contribution in [2.45, 2.75) is 0 Å². The average Bonchev–Trinajstić information content (AvgIpc) is 2.18. The van der Waals surface area contributed by atoms with Gasteiger partial charge in [-0.15, -0.1) is 0 Å². The van der Waals surface area contributed by atoms with Crippen molar-refractivity contribution in [2.24, 2.45) is 0 Å². The molecule has 0 spiro atoms. The Kier molecular flexibility index (Phi) is 2.26. The molecule has 0 aromatic heterocycles. The van der Waals surface area contributed by atoms with Crippen LogP contribution in [0.2, 0.25) is 0 Å². The van der Waals surface area contributed by atoms with Crippen LogP contribution < -0.4 is 4.74 Å². The number of hydrogen-bond donors (Lipinski definition) is 0. The molecule has 14 heavy (non-hydrogen) atoms. The van der Waals surface area contributed by atoms with E-state index in [-0.39, 0.29) is 5.56 Å². The molecule has 2 nitrogen and oxygen atoms in total. The highest BCUT2D eigenvalue weighted by molar-refractivity contribution is 9.10. The van der Waals surface area contributed by atoms with Crippen molar-refractivity contribution in [1.82, 2.24) is 0 Å². The molecule has 1 aromatic rings. The second kappa shape index (κ2) is 3.43. The van der Waals surface area contributed by atoms with E-state index in [9.17, 15) is 4.39 Å². The van der Waals surface area contributed by atoms with Crippen molar-refractivity contribution in [1.29, 1.82) is 5.26 Å². The third-order valence-corrected chi connectivity index (χ3v) is 2.60. The summed E-state index contributed by atoms with van der Waals surface area (Å²) < 4.78 is 19.1. The molecule has 0 bridgehead atoms. The van der Waals surface area contributed by atoms with Gasteiger partial charge in [0.1, 0.15) is 29.8 Å². The molecule has 4 heteroatoms. The minimum absolute atomic E-state index is 0.0347. The van der Waals surface area contributed by atoms with Crippen LogP contribution in [0.3, 0.4) is 0 Å². The number of fused-ring (bicyclic) bond motifs is 1. The van der Waals surface area contributed by atoms with Crippen molar-refractivity contribution in [3.63, 3.8) is 0 Å². The molecular weight excluding hydrogens is 249 g/mol. The first-order valence-corrected chi connectivity index (χ1v) is 4.74. The Morgan fingerprint density at radius 2 is 2.36 bits per heavy atom. The van der Waals surface area contributed by atoms with E-state index in [0.717, 1.165) is 0 Å². The molecule has 0 saturated carbocycles. The van der Waals surface area contributed by atoms with E-state index in [1.165, 1.54) is 6.07 Å². The summed E-state index contributed by atoms with van der Waals surface area (Å²) in [6.45, 7) is 0.373. The zero-order chi connectivity index (χ0) is 10.1. The van der Waals surface area contributed by atoms with Crippen LogP contribution in [0, 0.1) is 17.1 Å². The van der Waals surface area contributed by atoms with Crippen LogP contribution in [0.1, 0.15) is 11.1 Å². The van der Waals surface area contributed by atoms with E-state index in [1.54, 1.807) is 6.07 Å². The van der Waals surface area contributed by atoms with Gasteiger partial charge in [-0.1, -0.05) is 6.08 Å². The predicted molar refractivity (Wildman–Crippen MR) is 53.3 cm³/mol. The van der Waals surface area contributed by atoms with Crippen molar-refractivity contribution < 1.29 is 9.13 Å². The fraction of sp³-hybridized carbons (Fsp3) is 0.100. The second-order valence-electron chi connectivity index (χ2n) is 2.78. The number of benzene rings is 1. The van der Waals surface area contributed by atoms with Gasteiger partial charge < -0.3 is 4.74 Å². The van der Waals surface area contributed by atoms with Crippen LogP contribution in [0.5, 0.6) is 5.75 Å². The van der Waals surface area contributed by atoms with Crippen molar-refractivity contribution in [3.05, 3.63) is 33.6 Å². The molecule has 1 aliphatic heterocycles. The van der Waals surface area contributed by atoms with E-state index in [1.807, 2.05) is 12.2 Å². The Morgan fingerprint density at radius 1 is 1.57 bits per heavy atom. The van der Waals surface area contributed by atoms with Gasteiger partial charge in [0.25, 0.3) is 0 Å². The van der Waals surface area contributed by atoms with Crippen molar-refractivity contribution >= 4 is 22.0 Å². The molecule has 0 aliphatic carbocycles. The lowest BCUT2D eigenvalue weighted by Gasteiger charge is -2.15. The van der Waals surface area contributed by atoms with Gasteiger partial charge in [-0.3, -0.25) is 0 Å². The first-order valence-electron chi connectivity index (χ1n) is 3.95. The Labute approximate surface area is 88.7 Å². The van der Waals surface area contributed by atoms with Gasteiger partial charge in [0, 0.05) is 10.0 Å². The maximum absolute atomic E-state index is 13.3. The molecule has 0 atom stereocenters. The summed E-state index contributed by atoms with van der Waals surface area (Å²) in [7, 11) is 0. The number of halogens is 2. The van der Waals surface area contributed by atoms with Crippen LogP contribution in [0.25, 0.3) is 6.08 Å². The lowest BCUT2D eigenvalue weighted by molar-refractivity contribution is 0.354. The zero-order valence-electron chi connectivity index (χ0n) is 7.05. The molecule has 0 amide bonds. The van der Waals surface area contributed by atoms with Crippen LogP contribution in [0.4, 0.5) is 4.39 Å². The highest BCUT2D eigenvalue weighted by atomic mass is 79.9. The summed E-state index contributed by atoms with van der Waals surface area (Å²) in [4.78, 5) is 0. The standard InChI is InChI=1S/C10H5BrFNO/c11-8-4-9(12)7(5-13)10-6(8)2-1-3-14-10/h1-2,4H,3H2. The predicted octanol–water partition coefficient (Wildman–Crippen LogP) is 2.87. The van der Waals surface area contributed by atoms with Gasteiger partial charge in [0.15, 0.2) is 0 Å². The topological polar surface area (TPSA) is 33.0 Å². The van der Waals surface area contributed by atoms with Gasteiger partial charge in [0.05, 0.1) is 0 Å². The van der Waals surface area contributed by atoms with Crippen LogP contribution in [-0.2, 0) is 0 Å². The Balaban J connectivity index is 2.77. The Morgan fingerprint density at radius 3 is 3.07 bits per heavy atom. The third-order valence-electron chi connectivity index (χ3n) is 1.94. The number of nitrogens with zero attached hydrogens (tertiary/aromatic N) is 1. The minimum Gasteiger partial charge on any atom is -0.487 e. The number of hydrogen-bond acceptors (Lipinski definition) is 2. The molecule has 0 radical (unpaired) electrons. The monoisotopic (exact) mass is 253 g/mol. The lowest BCUT2D eigenvalue weighted by Crippen LogP contribution is -2.04. The van der Waals surface area contributed by atoms with Gasteiger partial charge >= 0.3 is 0 Å². The minimum atomic E-state index is -0.562. The summed E-state index contributed by atoms with van der Waals surface area (Å²) in [6, 6.07) is 3.07. The lowest BCUT2D eigenvalue weighted by atomic mass is 10.1. The van der Waals surface area contributed by atoms with Crippen LogP contribution >= 0.6 is 15.9 Å². The smallest absolute Gasteiger partial charge is 0.148 e. The highest BCUT2D eigenvalue weighted by Gasteiger charge is 2.18. The SMILES string of the molecule is N#Cc1c(F)cc(Br)c2c1OCC=C2. The quantitative estimate of drug-likeness (QED) is 0.713. The molecule has 1 heterocycles. The van der Waals surface area contributed by atoms with E-state index in [0.29, 0.717) is 22.4 Å². The van der Waals surface area contributed by atoms with E-state index in [4.69, 9.17) is 10.00 Å². The molecule has 1 aromatic carbocycles. The average molecular weight is 254 g/mol. The van der Waals surface area contributed by atoms with Crippen LogP contribution in [-0.4, -0.2) is 6.61 Å².